The van der Waals surface area contributed by atoms with Crippen LogP contribution in [0.4, 0.5) is 10.5 Å². The SMILES string of the molecule is Cc1ccccc1N(C)C(=O)NCC1(C(=O)O)CCC1. The van der Waals surface area contributed by atoms with E-state index in [1.165, 1.54) is 4.90 Å². The normalized spacial score (nSPS) is 16.1. The van der Waals surface area contributed by atoms with E-state index < -0.39 is 11.4 Å². The number of hydrogen-bond acceptors (Lipinski definition) is 2. The second kappa shape index (κ2) is 5.53. The number of aliphatic carboxylic acids is 1. The lowest BCUT2D eigenvalue weighted by atomic mass is 9.69. The maximum atomic E-state index is 12.1. The van der Waals surface area contributed by atoms with Crippen molar-refractivity contribution in [2.75, 3.05) is 18.5 Å². The van der Waals surface area contributed by atoms with Crippen molar-refractivity contribution in [2.24, 2.45) is 5.41 Å². The minimum atomic E-state index is -0.817. The van der Waals surface area contributed by atoms with Crippen LogP contribution in [0.15, 0.2) is 24.3 Å². The third kappa shape index (κ3) is 2.61. The minimum Gasteiger partial charge on any atom is -0.481 e. The molecule has 0 aliphatic heterocycles. The summed E-state index contributed by atoms with van der Waals surface area (Å²) in [6.45, 7) is 2.13. The van der Waals surface area contributed by atoms with E-state index >= 15 is 0 Å². The Morgan fingerprint density at radius 2 is 2.00 bits per heavy atom. The van der Waals surface area contributed by atoms with Crippen LogP contribution >= 0.6 is 0 Å². The Balaban J connectivity index is 1.99. The number of carbonyl (C=O) groups excluding carboxylic acids is 1. The number of carboxylic acids is 1. The summed E-state index contributed by atoms with van der Waals surface area (Å²) in [4.78, 5) is 24.9. The molecular weight excluding hydrogens is 256 g/mol. The zero-order chi connectivity index (χ0) is 14.8. The van der Waals surface area contributed by atoms with Gasteiger partial charge in [-0.2, -0.15) is 0 Å². The van der Waals surface area contributed by atoms with Crippen LogP contribution in [0.3, 0.4) is 0 Å². The van der Waals surface area contributed by atoms with Crippen molar-refractivity contribution >= 4 is 17.7 Å². The van der Waals surface area contributed by atoms with E-state index in [4.69, 9.17) is 0 Å². The van der Waals surface area contributed by atoms with Gasteiger partial charge < -0.3 is 10.4 Å². The van der Waals surface area contributed by atoms with E-state index in [0.29, 0.717) is 12.8 Å². The summed E-state index contributed by atoms with van der Waals surface area (Å²) in [7, 11) is 1.69. The zero-order valence-electron chi connectivity index (χ0n) is 11.8. The molecule has 5 nitrogen and oxygen atoms in total. The summed E-state index contributed by atoms with van der Waals surface area (Å²) in [5, 5.41) is 12.0. The smallest absolute Gasteiger partial charge is 0.321 e. The number of amides is 2. The summed E-state index contributed by atoms with van der Waals surface area (Å²) >= 11 is 0. The summed E-state index contributed by atoms with van der Waals surface area (Å²) in [6, 6.07) is 7.32. The second-order valence-corrected chi connectivity index (χ2v) is 5.44. The highest BCUT2D eigenvalue weighted by Crippen LogP contribution is 2.40. The third-order valence-corrected chi connectivity index (χ3v) is 4.12. The van der Waals surface area contributed by atoms with Crippen LogP contribution in [0.25, 0.3) is 0 Å². The van der Waals surface area contributed by atoms with E-state index in [-0.39, 0.29) is 12.6 Å². The number of benzene rings is 1. The molecule has 0 spiro atoms. The van der Waals surface area contributed by atoms with Crippen LogP contribution in [0.5, 0.6) is 0 Å². The molecule has 1 aromatic rings. The number of carboxylic acid groups (broad SMARTS) is 1. The summed E-state index contributed by atoms with van der Waals surface area (Å²) in [5.41, 5.74) is 1.06. The number of nitrogens with zero attached hydrogens (tertiary/aromatic N) is 1. The van der Waals surface area contributed by atoms with E-state index in [1.54, 1.807) is 7.05 Å². The maximum Gasteiger partial charge on any atom is 0.321 e. The standard InChI is InChI=1S/C15H20N2O3/c1-11-6-3-4-7-12(11)17(2)14(20)16-10-15(13(18)19)8-5-9-15/h3-4,6-7H,5,8-10H2,1-2H3,(H,16,20)(H,18,19). The largest absolute Gasteiger partial charge is 0.481 e. The molecule has 2 N–H and O–H groups in total. The van der Waals surface area contributed by atoms with Crippen LogP contribution in [-0.4, -0.2) is 30.7 Å². The van der Waals surface area contributed by atoms with Gasteiger partial charge in [0.25, 0.3) is 0 Å². The molecule has 1 aliphatic rings. The first-order valence-corrected chi connectivity index (χ1v) is 6.77. The highest BCUT2D eigenvalue weighted by molar-refractivity contribution is 5.92. The summed E-state index contributed by atoms with van der Waals surface area (Å²) in [5.74, 6) is -0.817. The molecule has 0 radical (unpaired) electrons. The lowest BCUT2D eigenvalue weighted by Gasteiger charge is -2.38. The zero-order valence-corrected chi connectivity index (χ0v) is 11.8. The molecule has 2 rings (SSSR count). The molecule has 0 aromatic heterocycles. The van der Waals surface area contributed by atoms with Gasteiger partial charge >= 0.3 is 12.0 Å². The van der Waals surface area contributed by atoms with Gasteiger partial charge in [0, 0.05) is 19.3 Å². The molecule has 1 fully saturated rings. The predicted octanol–water partition coefficient (Wildman–Crippen LogP) is 2.40. The Kier molecular flexibility index (Phi) is 3.97. The number of carbonyl (C=O) groups is 2. The molecule has 2 amide bonds. The molecule has 108 valence electrons. The van der Waals surface area contributed by atoms with Crippen LogP contribution in [0.2, 0.25) is 0 Å². The van der Waals surface area contributed by atoms with Crippen molar-refractivity contribution in [3.05, 3.63) is 29.8 Å². The Hall–Kier alpha value is -2.04. The van der Waals surface area contributed by atoms with Crippen molar-refractivity contribution < 1.29 is 14.7 Å². The number of nitrogens with one attached hydrogen (secondary N) is 1. The van der Waals surface area contributed by atoms with Gasteiger partial charge in [-0.3, -0.25) is 9.69 Å². The average Bonchev–Trinajstić information content (AvgIpc) is 2.36. The first kappa shape index (κ1) is 14.4. The molecule has 1 aromatic carbocycles. The van der Waals surface area contributed by atoms with Gasteiger partial charge in [0.15, 0.2) is 0 Å². The molecule has 1 aliphatic carbocycles. The Morgan fingerprint density at radius 3 is 2.50 bits per heavy atom. The highest BCUT2D eigenvalue weighted by Gasteiger charge is 2.44. The molecular formula is C15H20N2O3. The first-order chi connectivity index (χ1) is 9.46. The van der Waals surface area contributed by atoms with Gasteiger partial charge in [-0.1, -0.05) is 24.6 Å². The van der Waals surface area contributed by atoms with Gasteiger partial charge in [-0.15, -0.1) is 0 Å². The number of para-hydroxylation sites is 1. The quantitative estimate of drug-likeness (QED) is 0.887. The lowest BCUT2D eigenvalue weighted by Crippen LogP contribution is -2.50. The Morgan fingerprint density at radius 1 is 1.35 bits per heavy atom. The molecule has 0 atom stereocenters. The Bertz CT molecular complexity index is 524. The highest BCUT2D eigenvalue weighted by atomic mass is 16.4. The fourth-order valence-electron chi connectivity index (χ4n) is 2.48. The first-order valence-electron chi connectivity index (χ1n) is 6.77. The van der Waals surface area contributed by atoms with Crippen molar-refractivity contribution in [3.63, 3.8) is 0 Å². The van der Waals surface area contributed by atoms with E-state index in [1.807, 2.05) is 31.2 Å². The molecule has 0 unspecified atom stereocenters. The maximum absolute atomic E-state index is 12.1. The number of hydrogen-bond donors (Lipinski definition) is 2. The van der Waals surface area contributed by atoms with E-state index in [0.717, 1.165) is 17.7 Å². The number of rotatable bonds is 4. The van der Waals surface area contributed by atoms with Crippen molar-refractivity contribution in [1.82, 2.24) is 5.32 Å². The topological polar surface area (TPSA) is 69.6 Å². The molecule has 0 saturated heterocycles. The van der Waals surface area contributed by atoms with E-state index in [2.05, 4.69) is 5.32 Å². The fourth-order valence-corrected chi connectivity index (χ4v) is 2.48. The number of aryl methyl sites for hydroxylation is 1. The van der Waals surface area contributed by atoms with Crippen LogP contribution in [-0.2, 0) is 4.79 Å². The van der Waals surface area contributed by atoms with Crippen molar-refractivity contribution in [1.29, 1.82) is 0 Å². The van der Waals surface area contributed by atoms with Gasteiger partial charge in [0.1, 0.15) is 0 Å². The van der Waals surface area contributed by atoms with Crippen molar-refractivity contribution in [2.45, 2.75) is 26.2 Å². The molecule has 0 bridgehead atoms. The van der Waals surface area contributed by atoms with Crippen LogP contribution in [0.1, 0.15) is 24.8 Å². The lowest BCUT2D eigenvalue weighted by molar-refractivity contribution is -0.153. The van der Waals surface area contributed by atoms with Gasteiger partial charge in [0.2, 0.25) is 0 Å². The van der Waals surface area contributed by atoms with Crippen molar-refractivity contribution in [3.8, 4) is 0 Å². The number of anilines is 1. The number of urea groups is 1. The minimum absolute atomic E-state index is 0.192. The average molecular weight is 276 g/mol. The summed E-state index contributed by atoms with van der Waals surface area (Å²) < 4.78 is 0. The van der Waals surface area contributed by atoms with Gasteiger partial charge in [0.05, 0.1) is 5.41 Å². The molecule has 20 heavy (non-hydrogen) atoms. The summed E-state index contributed by atoms with van der Waals surface area (Å²) in [6.07, 6.45) is 2.18. The van der Waals surface area contributed by atoms with Gasteiger partial charge in [-0.25, -0.2) is 4.79 Å². The van der Waals surface area contributed by atoms with Crippen LogP contribution < -0.4 is 10.2 Å². The third-order valence-electron chi connectivity index (χ3n) is 4.12. The monoisotopic (exact) mass is 276 g/mol. The molecule has 0 heterocycles. The predicted molar refractivity (Wildman–Crippen MR) is 76.9 cm³/mol. The second-order valence-electron chi connectivity index (χ2n) is 5.44. The van der Waals surface area contributed by atoms with Gasteiger partial charge in [-0.05, 0) is 31.4 Å². The molecule has 1 saturated carbocycles. The van der Waals surface area contributed by atoms with E-state index in [9.17, 15) is 14.7 Å². The van der Waals surface area contributed by atoms with Crippen LogP contribution in [0, 0.1) is 12.3 Å². The fraction of sp³-hybridized carbons (Fsp3) is 0.467. The Labute approximate surface area is 118 Å². The molecule has 5 heteroatoms.